The van der Waals surface area contributed by atoms with E-state index in [2.05, 4.69) is 15.2 Å². The Kier molecular flexibility index (Phi) is 2.73. The Morgan fingerprint density at radius 2 is 2.35 bits per heavy atom. The number of likely N-dealkylation sites (N-methyl/N-ethyl adjacent to an activating group) is 1. The van der Waals surface area contributed by atoms with Gasteiger partial charge in [0.1, 0.15) is 5.52 Å². The van der Waals surface area contributed by atoms with Gasteiger partial charge in [0.2, 0.25) is 0 Å². The Labute approximate surface area is 101 Å². The molecule has 1 aromatic heterocycles. The molecule has 1 N–H and O–H groups in total. The first-order valence-electron chi connectivity index (χ1n) is 6.13. The third kappa shape index (κ3) is 2.13. The number of fused-ring (bicyclic) bond motifs is 1. The third-order valence-corrected chi connectivity index (χ3v) is 3.27. The van der Waals surface area contributed by atoms with Crippen molar-refractivity contribution in [1.29, 1.82) is 0 Å². The van der Waals surface area contributed by atoms with Crippen LogP contribution in [0.4, 0.5) is 6.01 Å². The fourth-order valence-electron chi connectivity index (χ4n) is 2.34. The second kappa shape index (κ2) is 4.37. The third-order valence-electron chi connectivity index (χ3n) is 3.27. The molecule has 0 saturated carbocycles. The van der Waals surface area contributed by atoms with Crippen molar-refractivity contribution in [2.24, 2.45) is 0 Å². The number of nitrogens with zero attached hydrogens (tertiary/aromatic N) is 2. The molecule has 3 rings (SSSR count). The van der Waals surface area contributed by atoms with E-state index in [4.69, 9.17) is 4.42 Å². The summed E-state index contributed by atoms with van der Waals surface area (Å²) in [4.78, 5) is 6.57. The lowest BCUT2D eigenvalue weighted by Crippen LogP contribution is -2.35. The smallest absolute Gasteiger partial charge is 0.298 e. The lowest BCUT2D eigenvalue weighted by Gasteiger charge is -2.19. The highest BCUT2D eigenvalue weighted by atomic mass is 16.4. The molecular formula is C13H17N3O. The predicted octanol–water partition coefficient (Wildman–Crippen LogP) is 2.02. The highest BCUT2D eigenvalue weighted by Gasteiger charge is 2.18. The van der Waals surface area contributed by atoms with Crippen molar-refractivity contribution in [2.45, 2.75) is 18.9 Å². The molecule has 0 aliphatic carbocycles. The number of benzene rings is 1. The van der Waals surface area contributed by atoms with E-state index >= 15 is 0 Å². The van der Waals surface area contributed by atoms with Crippen LogP contribution in [0.15, 0.2) is 28.7 Å². The number of para-hydroxylation sites is 2. The van der Waals surface area contributed by atoms with E-state index in [1.165, 1.54) is 12.8 Å². The van der Waals surface area contributed by atoms with E-state index in [0.717, 1.165) is 24.2 Å². The summed E-state index contributed by atoms with van der Waals surface area (Å²) in [6.45, 7) is 2.08. The maximum atomic E-state index is 5.73. The van der Waals surface area contributed by atoms with Gasteiger partial charge in [0.05, 0.1) is 0 Å². The molecule has 1 aromatic carbocycles. The first kappa shape index (κ1) is 10.6. The highest BCUT2D eigenvalue weighted by Crippen LogP contribution is 2.21. The lowest BCUT2D eigenvalue weighted by molar-refractivity contribution is 0.541. The van der Waals surface area contributed by atoms with Crippen LogP contribution in [0.2, 0.25) is 0 Å². The molecule has 4 heteroatoms. The van der Waals surface area contributed by atoms with Crippen molar-refractivity contribution in [3.05, 3.63) is 24.3 Å². The van der Waals surface area contributed by atoms with Crippen LogP contribution in [0.1, 0.15) is 12.8 Å². The molecular weight excluding hydrogens is 214 g/mol. The maximum Gasteiger partial charge on any atom is 0.298 e. The number of hydrogen-bond acceptors (Lipinski definition) is 4. The van der Waals surface area contributed by atoms with Gasteiger partial charge in [0.25, 0.3) is 6.01 Å². The SMILES string of the molecule is CN(CC1CCCN1)c1nc2ccccc2o1. The van der Waals surface area contributed by atoms with E-state index in [1.807, 2.05) is 31.3 Å². The first-order chi connectivity index (χ1) is 8.33. The molecule has 1 aliphatic heterocycles. The number of hydrogen-bond donors (Lipinski definition) is 1. The van der Waals surface area contributed by atoms with Crippen LogP contribution in [-0.2, 0) is 0 Å². The van der Waals surface area contributed by atoms with Crippen molar-refractivity contribution < 1.29 is 4.42 Å². The van der Waals surface area contributed by atoms with E-state index < -0.39 is 0 Å². The van der Waals surface area contributed by atoms with Gasteiger partial charge < -0.3 is 14.6 Å². The Balaban J connectivity index is 1.77. The van der Waals surface area contributed by atoms with Crippen LogP contribution >= 0.6 is 0 Å². The highest BCUT2D eigenvalue weighted by molar-refractivity contribution is 5.74. The fourth-order valence-corrected chi connectivity index (χ4v) is 2.34. The van der Waals surface area contributed by atoms with E-state index in [9.17, 15) is 0 Å². The molecule has 0 bridgehead atoms. The molecule has 0 spiro atoms. The van der Waals surface area contributed by atoms with Gasteiger partial charge >= 0.3 is 0 Å². The summed E-state index contributed by atoms with van der Waals surface area (Å²) in [5.41, 5.74) is 1.78. The fraction of sp³-hybridized carbons (Fsp3) is 0.462. The number of rotatable bonds is 3. The standard InChI is InChI=1S/C13H17N3O/c1-16(9-10-5-4-8-14-10)13-15-11-6-2-3-7-12(11)17-13/h2-3,6-7,10,14H,4-5,8-9H2,1H3. The number of oxazole rings is 1. The molecule has 1 saturated heterocycles. The van der Waals surface area contributed by atoms with E-state index in [1.54, 1.807) is 0 Å². The van der Waals surface area contributed by atoms with Gasteiger partial charge in [-0.3, -0.25) is 0 Å². The molecule has 1 atom stereocenters. The van der Waals surface area contributed by atoms with Gasteiger partial charge in [-0.25, -0.2) is 0 Å². The zero-order chi connectivity index (χ0) is 11.7. The average molecular weight is 231 g/mol. The molecule has 4 nitrogen and oxygen atoms in total. The average Bonchev–Trinajstić information content (AvgIpc) is 2.96. The summed E-state index contributed by atoms with van der Waals surface area (Å²) in [7, 11) is 2.03. The molecule has 1 fully saturated rings. The predicted molar refractivity (Wildman–Crippen MR) is 68.3 cm³/mol. The van der Waals surface area contributed by atoms with Crippen molar-refractivity contribution in [1.82, 2.24) is 10.3 Å². The van der Waals surface area contributed by atoms with Crippen LogP contribution < -0.4 is 10.2 Å². The molecule has 1 unspecified atom stereocenters. The summed E-state index contributed by atoms with van der Waals surface area (Å²) in [5.74, 6) is 0. The largest absolute Gasteiger partial charge is 0.423 e. The van der Waals surface area contributed by atoms with Crippen molar-refractivity contribution >= 4 is 17.1 Å². The zero-order valence-corrected chi connectivity index (χ0v) is 10.0. The van der Waals surface area contributed by atoms with Gasteiger partial charge in [-0.15, -0.1) is 0 Å². The molecule has 2 aromatic rings. The minimum atomic E-state index is 0.565. The first-order valence-corrected chi connectivity index (χ1v) is 6.13. The van der Waals surface area contributed by atoms with Crippen molar-refractivity contribution in [3.63, 3.8) is 0 Å². The Morgan fingerprint density at radius 1 is 1.47 bits per heavy atom. The maximum absolute atomic E-state index is 5.73. The van der Waals surface area contributed by atoms with Crippen LogP contribution in [0.25, 0.3) is 11.1 Å². The minimum absolute atomic E-state index is 0.565. The second-order valence-corrected chi connectivity index (χ2v) is 4.64. The van der Waals surface area contributed by atoms with Gasteiger partial charge in [0.15, 0.2) is 5.58 Å². The summed E-state index contributed by atoms with van der Waals surface area (Å²) in [5, 5.41) is 3.48. The normalized spacial score (nSPS) is 19.9. The molecule has 90 valence electrons. The molecule has 2 heterocycles. The topological polar surface area (TPSA) is 41.3 Å². The molecule has 0 amide bonds. The zero-order valence-electron chi connectivity index (χ0n) is 10.0. The second-order valence-electron chi connectivity index (χ2n) is 4.64. The number of nitrogens with one attached hydrogen (secondary N) is 1. The van der Waals surface area contributed by atoms with Gasteiger partial charge in [-0.1, -0.05) is 12.1 Å². The van der Waals surface area contributed by atoms with Crippen LogP contribution in [0.5, 0.6) is 0 Å². The lowest BCUT2D eigenvalue weighted by atomic mass is 10.2. The Hall–Kier alpha value is -1.55. The van der Waals surface area contributed by atoms with Crippen LogP contribution in [-0.4, -0.2) is 31.2 Å². The monoisotopic (exact) mass is 231 g/mol. The number of aromatic nitrogens is 1. The van der Waals surface area contributed by atoms with Crippen molar-refractivity contribution in [3.8, 4) is 0 Å². The summed E-state index contributed by atoms with van der Waals surface area (Å²) >= 11 is 0. The van der Waals surface area contributed by atoms with E-state index in [0.29, 0.717) is 12.1 Å². The van der Waals surface area contributed by atoms with Crippen LogP contribution in [0, 0.1) is 0 Å². The minimum Gasteiger partial charge on any atom is -0.423 e. The molecule has 0 radical (unpaired) electrons. The molecule has 1 aliphatic rings. The summed E-state index contributed by atoms with van der Waals surface area (Å²) in [6.07, 6.45) is 2.51. The Morgan fingerprint density at radius 3 is 3.12 bits per heavy atom. The van der Waals surface area contributed by atoms with Crippen molar-refractivity contribution in [2.75, 3.05) is 25.0 Å². The van der Waals surface area contributed by atoms with Gasteiger partial charge in [0, 0.05) is 19.6 Å². The molecule has 17 heavy (non-hydrogen) atoms. The summed E-state index contributed by atoms with van der Waals surface area (Å²) < 4.78 is 5.73. The quantitative estimate of drug-likeness (QED) is 0.877. The number of anilines is 1. The van der Waals surface area contributed by atoms with Crippen LogP contribution in [0.3, 0.4) is 0 Å². The van der Waals surface area contributed by atoms with Gasteiger partial charge in [-0.2, -0.15) is 4.98 Å². The summed E-state index contributed by atoms with van der Waals surface area (Å²) in [6, 6.07) is 9.15. The van der Waals surface area contributed by atoms with Gasteiger partial charge in [-0.05, 0) is 31.5 Å². The van der Waals surface area contributed by atoms with E-state index in [-0.39, 0.29) is 0 Å². The Bertz CT molecular complexity index is 469.